The molecular weight excluding hydrogens is 256 g/mol. The van der Waals surface area contributed by atoms with Crippen LogP contribution in [0.3, 0.4) is 0 Å². The predicted octanol–water partition coefficient (Wildman–Crippen LogP) is 3.05. The Kier molecular flexibility index (Phi) is 10.8. The van der Waals surface area contributed by atoms with Crippen LogP contribution in [0.4, 0.5) is 0 Å². The Bertz CT molecular complexity index is 192. The van der Waals surface area contributed by atoms with Gasteiger partial charge in [-0.05, 0) is 53.6 Å². The Balaban J connectivity index is 4.63. The maximum Gasteiger partial charge on any atom is 0.517 e. The summed E-state index contributed by atoms with van der Waals surface area (Å²) in [6, 6.07) is 0. The standard InChI is InChI=1S/C14H34N2O2Si/c1-7-9-11-15-19(17-13(3)4,18-14(5)6)16-12-10-8-2/h13-16H,7-12H2,1-6H3. The van der Waals surface area contributed by atoms with Crippen molar-refractivity contribution in [3.8, 4) is 0 Å². The summed E-state index contributed by atoms with van der Waals surface area (Å²) in [5, 5.41) is 0. The molecular formula is C14H34N2O2Si. The maximum atomic E-state index is 6.14. The highest BCUT2D eigenvalue weighted by atomic mass is 28.4. The molecule has 0 saturated carbocycles. The van der Waals surface area contributed by atoms with Crippen molar-refractivity contribution in [2.24, 2.45) is 0 Å². The van der Waals surface area contributed by atoms with Crippen LogP contribution in [0.1, 0.15) is 67.2 Å². The van der Waals surface area contributed by atoms with Crippen molar-refractivity contribution < 1.29 is 8.85 Å². The van der Waals surface area contributed by atoms with E-state index in [0.717, 1.165) is 25.9 Å². The van der Waals surface area contributed by atoms with E-state index in [2.05, 4.69) is 51.5 Å². The van der Waals surface area contributed by atoms with Gasteiger partial charge in [0, 0.05) is 12.2 Å². The number of hydrogen-bond acceptors (Lipinski definition) is 4. The summed E-state index contributed by atoms with van der Waals surface area (Å²) >= 11 is 0. The van der Waals surface area contributed by atoms with E-state index in [4.69, 9.17) is 8.85 Å². The van der Waals surface area contributed by atoms with Gasteiger partial charge in [0.05, 0.1) is 0 Å². The highest BCUT2D eigenvalue weighted by Crippen LogP contribution is 2.08. The van der Waals surface area contributed by atoms with Crippen molar-refractivity contribution in [2.75, 3.05) is 13.1 Å². The first-order chi connectivity index (χ1) is 8.95. The molecule has 2 N–H and O–H groups in total. The molecule has 4 nitrogen and oxygen atoms in total. The average molecular weight is 291 g/mol. The first kappa shape index (κ1) is 19.1. The van der Waals surface area contributed by atoms with Gasteiger partial charge >= 0.3 is 8.88 Å². The number of unbranched alkanes of at least 4 members (excludes halogenated alkanes) is 2. The van der Waals surface area contributed by atoms with Crippen LogP contribution in [0.2, 0.25) is 0 Å². The summed E-state index contributed by atoms with van der Waals surface area (Å²) in [5.74, 6) is 0. The lowest BCUT2D eigenvalue weighted by atomic mass is 10.3. The Morgan fingerprint density at radius 2 is 1.16 bits per heavy atom. The molecule has 0 aliphatic heterocycles. The minimum Gasteiger partial charge on any atom is -0.368 e. The Labute approximate surface area is 121 Å². The summed E-state index contributed by atoms with van der Waals surface area (Å²) in [6.07, 6.45) is 4.97. The van der Waals surface area contributed by atoms with Crippen LogP contribution in [-0.4, -0.2) is 34.2 Å². The van der Waals surface area contributed by atoms with Gasteiger partial charge in [0.25, 0.3) is 0 Å². The molecule has 0 amide bonds. The molecule has 0 radical (unpaired) electrons. The molecule has 0 rings (SSSR count). The van der Waals surface area contributed by atoms with Gasteiger partial charge in [-0.2, -0.15) is 0 Å². The summed E-state index contributed by atoms with van der Waals surface area (Å²) in [7, 11) is -2.50. The summed E-state index contributed by atoms with van der Waals surface area (Å²) < 4.78 is 12.3. The van der Waals surface area contributed by atoms with E-state index in [1.807, 2.05) is 0 Å². The number of rotatable bonds is 12. The third kappa shape index (κ3) is 9.57. The van der Waals surface area contributed by atoms with Gasteiger partial charge in [0.2, 0.25) is 0 Å². The largest absolute Gasteiger partial charge is 0.517 e. The normalized spacial score (nSPS) is 12.6. The molecule has 0 aliphatic carbocycles. The zero-order valence-electron chi connectivity index (χ0n) is 13.7. The zero-order valence-corrected chi connectivity index (χ0v) is 14.7. The molecule has 0 aromatic heterocycles. The highest BCUT2D eigenvalue weighted by Gasteiger charge is 2.40. The minimum absolute atomic E-state index is 0.161. The molecule has 19 heavy (non-hydrogen) atoms. The molecule has 0 atom stereocenters. The fourth-order valence-corrected chi connectivity index (χ4v) is 4.63. The van der Waals surface area contributed by atoms with E-state index in [1.165, 1.54) is 12.8 Å². The van der Waals surface area contributed by atoms with Crippen LogP contribution in [0.25, 0.3) is 0 Å². The van der Waals surface area contributed by atoms with Gasteiger partial charge in [-0.15, -0.1) is 0 Å². The third-order valence-electron chi connectivity index (χ3n) is 2.58. The van der Waals surface area contributed by atoms with E-state index in [-0.39, 0.29) is 12.2 Å². The number of nitrogens with one attached hydrogen (secondary N) is 2. The molecule has 116 valence electrons. The fraction of sp³-hybridized carbons (Fsp3) is 1.00. The van der Waals surface area contributed by atoms with Crippen LogP contribution in [-0.2, 0) is 8.85 Å². The molecule has 0 aliphatic rings. The van der Waals surface area contributed by atoms with Gasteiger partial charge in [0.1, 0.15) is 0 Å². The third-order valence-corrected chi connectivity index (χ3v) is 5.62. The van der Waals surface area contributed by atoms with Crippen molar-refractivity contribution in [1.29, 1.82) is 0 Å². The van der Waals surface area contributed by atoms with Crippen molar-refractivity contribution in [3.63, 3.8) is 0 Å². The van der Waals surface area contributed by atoms with Crippen molar-refractivity contribution in [3.05, 3.63) is 0 Å². The van der Waals surface area contributed by atoms with E-state index in [1.54, 1.807) is 0 Å². The van der Waals surface area contributed by atoms with Gasteiger partial charge in [0.15, 0.2) is 0 Å². The average Bonchev–Trinajstić information content (AvgIpc) is 2.27. The molecule has 0 aromatic carbocycles. The molecule has 0 heterocycles. The lowest BCUT2D eigenvalue weighted by Gasteiger charge is -2.34. The van der Waals surface area contributed by atoms with Gasteiger partial charge in [-0.25, -0.2) is 0 Å². The van der Waals surface area contributed by atoms with Crippen LogP contribution in [0.5, 0.6) is 0 Å². The fourth-order valence-electron chi connectivity index (χ4n) is 1.78. The van der Waals surface area contributed by atoms with E-state index < -0.39 is 8.88 Å². The molecule has 0 saturated heterocycles. The molecule has 0 bridgehead atoms. The van der Waals surface area contributed by atoms with Gasteiger partial charge in [-0.1, -0.05) is 26.7 Å². The molecule has 5 heteroatoms. The Hall–Kier alpha value is 0.0569. The topological polar surface area (TPSA) is 42.5 Å². The van der Waals surface area contributed by atoms with E-state index in [9.17, 15) is 0 Å². The van der Waals surface area contributed by atoms with E-state index >= 15 is 0 Å². The summed E-state index contributed by atoms with van der Waals surface area (Å²) in [5.41, 5.74) is 0. The van der Waals surface area contributed by atoms with Gasteiger partial charge in [-0.3, -0.25) is 9.96 Å². The first-order valence-electron chi connectivity index (χ1n) is 7.81. The smallest absolute Gasteiger partial charge is 0.368 e. The zero-order chi connectivity index (χ0) is 14.7. The second-order valence-corrected chi connectivity index (χ2v) is 7.92. The molecule has 0 fully saturated rings. The summed E-state index contributed by atoms with van der Waals surface area (Å²) in [4.78, 5) is 7.08. The quantitative estimate of drug-likeness (QED) is 0.428. The lowest BCUT2D eigenvalue weighted by molar-refractivity contribution is 0.0863. The van der Waals surface area contributed by atoms with Crippen LogP contribution < -0.4 is 9.96 Å². The second-order valence-electron chi connectivity index (χ2n) is 5.51. The SMILES string of the molecule is CCCCN[Si](NCCCC)(OC(C)C)OC(C)C. The molecule has 0 spiro atoms. The molecule has 0 aromatic rings. The summed E-state index contributed by atoms with van der Waals surface area (Å²) in [6.45, 7) is 14.5. The van der Waals surface area contributed by atoms with Crippen LogP contribution in [0, 0.1) is 0 Å². The van der Waals surface area contributed by atoms with Crippen molar-refractivity contribution in [2.45, 2.75) is 79.4 Å². The lowest BCUT2D eigenvalue weighted by Crippen LogP contribution is -2.69. The van der Waals surface area contributed by atoms with Crippen molar-refractivity contribution in [1.82, 2.24) is 9.96 Å². The molecule has 0 unspecified atom stereocenters. The van der Waals surface area contributed by atoms with Gasteiger partial charge < -0.3 is 8.85 Å². The maximum absolute atomic E-state index is 6.14. The number of hydrogen-bond donors (Lipinski definition) is 2. The predicted molar refractivity (Wildman–Crippen MR) is 84.0 cm³/mol. The second kappa shape index (κ2) is 10.8. The Morgan fingerprint density at radius 1 is 0.789 bits per heavy atom. The minimum atomic E-state index is -2.50. The monoisotopic (exact) mass is 290 g/mol. The van der Waals surface area contributed by atoms with Crippen LogP contribution >= 0.6 is 0 Å². The van der Waals surface area contributed by atoms with E-state index in [0.29, 0.717) is 0 Å². The first-order valence-corrected chi connectivity index (χ1v) is 9.63. The highest BCUT2D eigenvalue weighted by molar-refractivity contribution is 6.62. The van der Waals surface area contributed by atoms with Crippen LogP contribution in [0.15, 0.2) is 0 Å². The van der Waals surface area contributed by atoms with Crippen molar-refractivity contribution >= 4 is 8.88 Å². The Morgan fingerprint density at radius 3 is 1.42 bits per heavy atom.